The van der Waals surface area contributed by atoms with E-state index < -0.39 is 17.4 Å². The maximum Gasteiger partial charge on any atom is 0.326 e. The van der Waals surface area contributed by atoms with Crippen LogP contribution < -0.4 is 5.32 Å². The van der Waals surface area contributed by atoms with E-state index >= 15 is 0 Å². The van der Waals surface area contributed by atoms with Gasteiger partial charge in [-0.05, 0) is 17.0 Å². The van der Waals surface area contributed by atoms with Crippen LogP contribution in [0.3, 0.4) is 0 Å². The molecule has 1 heterocycles. The van der Waals surface area contributed by atoms with Crippen molar-refractivity contribution in [2.45, 2.75) is 37.6 Å². The van der Waals surface area contributed by atoms with Gasteiger partial charge >= 0.3 is 5.97 Å². The summed E-state index contributed by atoms with van der Waals surface area (Å²) in [5, 5.41) is 12.0. The number of hydrogen-bond acceptors (Lipinski definition) is 3. The Morgan fingerprint density at radius 1 is 1.35 bits per heavy atom. The first-order valence-electron chi connectivity index (χ1n) is 6.55. The van der Waals surface area contributed by atoms with E-state index in [0.29, 0.717) is 5.75 Å². The molecule has 0 aliphatic carbocycles. The van der Waals surface area contributed by atoms with Crippen molar-refractivity contribution in [1.29, 1.82) is 0 Å². The standard InChI is InChI=1S/C15H19NO3S/c1-15(2,3)12(14(18)19)16-13(17)10-8-20-11-7-5-4-6-9(10)11/h4-7,10,12H,8H2,1-3H3,(H,16,17)(H,18,19). The number of benzene rings is 1. The van der Waals surface area contributed by atoms with Crippen LogP contribution in [0.2, 0.25) is 0 Å². The van der Waals surface area contributed by atoms with Gasteiger partial charge in [0.1, 0.15) is 6.04 Å². The average molecular weight is 293 g/mol. The smallest absolute Gasteiger partial charge is 0.326 e. The lowest BCUT2D eigenvalue weighted by molar-refractivity contribution is -0.145. The molecule has 2 rings (SSSR count). The minimum atomic E-state index is -0.996. The second-order valence-corrected chi connectivity index (χ2v) is 7.11. The highest BCUT2D eigenvalue weighted by Crippen LogP contribution is 2.39. The zero-order chi connectivity index (χ0) is 14.9. The minimum absolute atomic E-state index is 0.204. The van der Waals surface area contributed by atoms with Gasteiger partial charge in [-0.2, -0.15) is 0 Å². The summed E-state index contributed by atoms with van der Waals surface area (Å²) in [6, 6.07) is 6.90. The van der Waals surface area contributed by atoms with Crippen molar-refractivity contribution >= 4 is 23.6 Å². The van der Waals surface area contributed by atoms with Crippen molar-refractivity contribution in [2.24, 2.45) is 5.41 Å². The van der Waals surface area contributed by atoms with Gasteiger partial charge in [-0.3, -0.25) is 4.79 Å². The molecule has 108 valence electrons. The van der Waals surface area contributed by atoms with E-state index in [4.69, 9.17) is 0 Å². The number of carbonyl (C=O) groups excluding carboxylic acids is 1. The van der Waals surface area contributed by atoms with Crippen LogP contribution in [0.1, 0.15) is 32.3 Å². The molecule has 20 heavy (non-hydrogen) atoms. The zero-order valence-corrected chi connectivity index (χ0v) is 12.7. The van der Waals surface area contributed by atoms with Crippen molar-refractivity contribution in [2.75, 3.05) is 5.75 Å². The second kappa shape index (κ2) is 5.48. The molecule has 0 bridgehead atoms. The first kappa shape index (κ1) is 14.9. The van der Waals surface area contributed by atoms with Gasteiger partial charge in [-0.15, -0.1) is 11.8 Å². The van der Waals surface area contributed by atoms with E-state index in [9.17, 15) is 14.7 Å². The summed E-state index contributed by atoms with van der Waals surface area (Å²) in [5.74, 6) is -0.795. The van der Waals surface area contributed by atoms with Gasteiger partial charge < -0.3 is 10.4 Å². The second-order valence-electron chi connectivity index (χ2n) is 6.05. The number of amides is 1. The molecule has 1 aromatic rings. The monoisotopic (exact) mass is 293 g/mol. The fourth-order valence-electron chi connectivity index (χ4n) is 2.27. The number of aliphatic carboxylic acids is 1. The molecule has 0 saturated heterocycles. The largest absolute Gasteiger partial charge is 0.480 e. The summed E-state index contributed by atoms with van der Waals surface area (Å²) >= 11 is 1.64. The third-order valence-corrected chi connectivity index (χ3v) is 4.60. The van der Waals surface area contributed by atoms with Crippen LogP contribution in [0.4, 0.5) is 0 Å². The van der Waals surface area contributed by atoms with E-state index in [0.717, 1.165) is 10.5 Å². The van der Waals surface area contributed by atoms with Crippen LogP contribution >= 0.6 is 11.8 Å². The first-order chi connectivity index (χ1) is 9.30. The van der Waals surface area contributed by atoms with Gasteiger partial charge in [0.15, 0.2) is 0 Å². The predicted octanol–water partition coefficient (Wildman–Crippen LogP) is 2.49. The van der Waals surface area contributed by atoms with Gasteiger partial charge in [0.2, 0.25) is 5.91 Å². The highest BCUT2D eigenvalue weighted by atomic mass is 32.2. The Kier molecular flexibility index (Phi) is 4.09. The van der Waals surface area contributed by atoms with Crippen LogP contribution in [0, 0.1) is 5.41 Å². The summed E-state index contributed by atoms with van der Waals surface area (Å²) in [7, 11) is 0. The molecule has 2 unspecified atom stereocenters. The van der Waals surface area contributed by atoms with Gasteiger partial charge in [-0.1, -0.05) is 39.0 Å². The summed E-state index contributed by atoms with van der Waals surface area (Å²) in [6.07, 6.45) is 0. The number of rotatable bonds is 3. The molecule has 4 nitrogen and oxygen atoms in total. The number of carboxylic acid groups (broad SMARTS) is 1. The third kappa shape index (κ3) is 2.98. The van der Waals surface area contributed by atoms with Gasteiger partial charge in [0, 0.05) is 10.6 Å². The number of nitrogens with one attached hydrogen (secondary N) is 1. The van der Waals surface area contributed by atoms with Crippen LogP contribution in [-0.4, -0.2) is 28.8 Å². The molecule has 1 aliphatic heterocycles. The molecular weight excluding hydrogens is 274 g/mol. The van der Waals surface area contributed by atoms with E-state index in [2.05, 4.69) is 5.32 Å². The zero-order valence-electron chi connectivity index (χ0n) is 11.8. The Morgan fingerprint density at radius 3 is 2.60 bits per heavy atom. The molecule has 0 saturated carbocycles. The lowest BCUT2D eigenvalue weighted by Crippen LogP contribution is -2.50. The third-order valence-electron chi connectivity index (χ3n) is 3.42. The Hall–Kier alpha value is -1.49. The normalized spacial score (nSPS) is 19.2. The minimum Gasteiger partial charge on any atom is -0.480 e. The van der Waals surface area contributed by atoms with Gasteiger partial charge in [0.25, 0.3) is 0 Å². The number of carbonyl (C=O) groups is 2. The molecule has 1 amide bonds. The summed E-state index contributed by atoms with van der Waals surface area (Å²) < 4.78 is 0. The molecule has 0 aromatic heterocycles. The average Bonchev–Trinajstić information content (AvgIpc) is 2.77. The quantitative estimate of drug-likeness (QED) is 0.898. The lowest BCUT2D eigenvalue weighted by Gasteiger charge is -2.28. The molecule has 1 aromatic carbocycles. The Morgan fingerprint density at radius 2 is 2.00 bits per heavy atom. The van der Waals surface area contributed by atoms with E-state index in [1.807, 2.05) is 45.0 Å². The fourth-order valence-corrected chi connectivity index (χ4v) is 3.50. The number of carboxylic acids is 1. The number of hydrogen-bond donors (Lipinski definition) is 2. The molecule has 0 fully saturated rings. The first-order valence-corrected chi connectivity index (χ1v) is 7.54. The maximum absolute atomic E-state index is 12.4. The van der Waals surface area contributed by atoms with E-state index in [1.165, 1.54) is 0 Å². The van der Waals surface area contributed by atoms with Crippen LogP contribution in [0.5, 0.6) is 0 Å². The fraction of sp³-hybridized carbons (Fsp3) is 0.467. The lowest BCUT2D eigenvalue weighted by atomic mass is 9.86. The molecule has 2 N–H and O–H groups in total. The highest BCUT2D eigenvalue weighted by Gasteiger charge is 2.36. The topological polar surface area (TPSA) is 66.4 Å². The molecule has 0 radical (unpaired) electrons. The predicted molar refractivity (Wildman–Crippen MR) is 78.9 cm³/mol. The van der Waals surface area contributed by atoms with Crippen molar-refractivity contribution in [3.63, 3.8) is 0 Å². The van der Waals surface area contributed by atoms with Crippen molar-refractivity contribution in [3.8, 4) is 0 Å². The van der Waals surface area contributed by atoms with Crippen LogP contribution in [-0.2, 0) is 9.59 Å². The van der Waals surface area contributed by atoms with Crippen LogP contribution in [0.25, 0.3) is 0 Å². The van der Waals surface area contributed by atoms with Gasteiger partial charge in [0.05, 0.1) is 5.92 Å². The Labute approximate surface area is 123 Å². The van der Waals surface area contributed by atoms with Crippen molar-refractivity contribution in [1.82, 2.24) is 5.32 Å². The Balaban J connectivity index is 2.15. The van der Waals surface area contributed by atoms with Crippen molar-refractivity contribution < 1.29 is 14.7 Å². The molecular formula is C15H19NO3S. The number of thioether (sulfide) groups is 1. The maximum atomic E-state index is 12.4. The molecule has 2 atom stereocenters. The Bertz CT molecular complexity index is 536. The van der Waals surface area contributed by atoms with E-state index in [-0.39, 0.29) is 11.8 Å². The van der Waals surface area contributed by atoms with Gasteiger partial charge in [-0.25, -0.2) is 4.79 Å². The molecule has 5 heteroatoms. The number of fused-ring (bicyclic) bond motifs is 1. The highest BCUT2D eigenvalue weighted by molar-refractivity contribution is 7.99. The SMILES string of the molecule is CC(C)(C)C(NC(=O)C1CSc2ccccc21)C(=O)O. The molecule has 0 spiro atoms. The van der Waals surface area contributed by atoms with E-state index in [1.54, 1.807) is 11.8 Å². The summed E-state index contributed by atoms with van der Waals surface area (Å²) in [4.78, 5) is 24.8. The molecule has 1 aliphatic rings. The summed E-state index contributed by atoms with van der Waals surface area (Å²) in [6.45, 7) is 5.43. The van der Waals surface area contributed by atoms with Crippen molar-refractivity contribution in [3.05, 3.63) is 29.8 Å². The summed E-state index contributed by atoms with van der Waals surface area (Å²) in [5.41, 5.74) is 0.472. The van der Waals surface area contributed by atoms with Crippen LogP contribution in [0.15, 0.2) is 29.2 Å².